The maximum atomic E-state index is 12.1. The van der Waals surface area contributed by atoms with Crippen molar-refractivity contribution < 1.29 is 19.0 Å². The van der Waals surface area contributed by atoms with Gasteiger partial charge < -0.3 is 19.1 Å². The summed E-state index contributed by atoms with van der Waals surface area (Å²) in [5.74, 6) is 1.40. The number of ether oxygens (including phenoxy) is 3. The zero-order valence-electron chi connectivity index (χ0n) is 18.4. The average Bonchev–Trinajstić information content (AvgIpc) is 2.78. The number of benzene rings is 2. The molecular weight excluding hydrogens is 416 g/mol. The highest BCUT2D eigenvalue weighted by atomic mass is 35.5. The van der Waals surface area contributed by atoms with Crippen LogP contribution in [0.15, 0.2) is 41.4 Å². The summed E-state index contributed by atoms with van der Waals surface area (Å²) in [5, 5.41) is 0. The molecule has 2 atom stereocenters. The van der Waals surface area contributed by atoms with E-state index in [0.717, 1.165) is 42.1 Å². The number of carbonyl (C=O) groups excluding carboxylic acids is 1. The fourth-order valence-electron chi connectivity index (χ4n) is 4.45. The molecule has 2 aromatic rings. The molecule has 0 aromatic heterocycles. The summed E-state index contributed by atoms with van der Waals surface area (Å²) in [4.78, 5) is 19.6. The van der Waals surface area contributed by atoms with Crippen LogP contribution < -0.4 is 9.47 Å². The van der Waals surface area contributed by atoms with E-state index in [-0.39, 0.29) is 24.4 Å². The molecule has 2 aliphatic rings. The van der Waals surface area contributed by atoms with Gasteiger partial charge in [0.25, 0.3) is 0 Å². The van der Waals surface area contributed by atoms with Gasteiger partial charge in [-0.25, -0.2) is 4.79 Å². The van der Waals surface area contributed by atoms with E-state index in [2.05, 4.69) is 18.0 Å². The van der Waals surface area contributed by atoms with Crippen molar-refractivity contribution in [3.63, 3.8) is 0 Å². The predicted octanol–water partition coefficient (Wildman–Crippen LogP) is 3.94. The topological polar surface area (TPSA) is 60.4 Å². The molecule has 2 heterocycles. The minimum atomic E-state index is -0.352. The lowest BCUT2D eigenvalue weighted by Gasteiger charge is -2.39. The molecule has 2 aliphatic heterocycles. The second-order valence-corrected chi connectivity index (χ2v) is 7.80. The Morgan fingerprint density at radius 2 is 2.00 bits per heavy atom. The van der Waals surface area contributed by atoms with Crippen molar-refractivity contribution in [3.05, 3.63) is 58.7 Å². The van der Waals surface area contributed by atoms with Crippen LogP contribution in [0.1, 0.15) is 46.3 Å². The Labute approximate surface area is 189 Å². The summed E-state index contributed by atoms with van der Waals surface area (Å²) in [6, 6.07) is 11.8. The highest BCUT2D eigenvalue weighted by Crippen LogP contribution is 2.42. The first-order chi connectivity index (χ1) is 14.5. The summed E-state index contributed by atoms with van der Waals surface area (Å²) >= 11 is 0. The van der Waals surface area contributed by atoms with Crippen molar-refractivity contribution >= 4 is 24.1 Å². The summed E-state index contributed by atoms with van der Waals surface area (Å²) < 4.78 is 16.4. The number of hydrogen-bond donors (Lipinski definition) is 0. The number of rotatable bonds is 5. The van der Waals surface area contributed by atoms with Crippen molar-refractivity contribution in [3.8, 4) is 11.5 Å². The van der Waals surface area contributed by atoms with Crippen molar-refractivity contribution in [1.82, 2.24) is 4.90 Å². The number of nitrogens with zero attached hydrogens (tertiary/aromatic N) is 2. The molecule has 31 heavy (non-hydrogen) atoms. The zero-order chi connectivity index (χ0) is 21.3. The van der Waals surface area contributed by atoms with Crippen LogP contribution in [-0.4, -0.2) is 63.6 Å². The van der Waals surface area contributed by atoms with Gasteiger partial charge in [0, 0.05) is 23.6 Å². The van der Waals surface area contributed by atoms with E-state index < -0.39 is 0 Å². The third-order valence-electron chi connectivity index (χ3n) is 5.92. The number of likely N-dealkylation sites (N-methyl/N-ethyl adjacent to an activating group) is 1. The number of likely N-dealkylation sites (tertiary alicyclic amines) is 1. The number of aliphatic imine (C=N–C) groups is 1. The molecule has 2 aromatic carbocycles. The minimum Gasteiger partial charge on any atom is -0.493 e. The molecule has 0 N–H and O–H groups in total. The van der Waals surface area contributed by atoms with Gasteiger partial charge in [-0.3, -0.25) is 4.99 Å². The molecule has 0 unspecified atom stereocenters. The molecule has 4 rings (SSSR count). The number of hydrogen-bond acceptors (Lipinski definition) is 6. The fraction of sp³-hybridized carbons (Fsp3) is 0.417. The Kier molecular flexibility index (Phi) is 7.23. The first-order valence-corrected chi connectivity index (χ1v) is 10.4. The Morgan fingerprint density at radius 1 is 1.19 bits per heavy atom. The Bertz CT molecular complexity index is 992. The van der Waals surface area contributed by atoms with Crippen LogP contribution in [0.3, 0.4) is 0 Å². The summed E-state index contributed by atoms with van der Waals surface area (Å²) in [6.45, 7) is 4.52. The van der Waals surface area contributed by atoms with Crippen LogP contribution in [0.2, 0.25) is 0 Å². The van der Waals surface area contributed by atoms with Gasteiger partial charge in [-0.2, -0.15) is 0 Å². The molecule has 0 spiro atoms. The van der Waals surface area contributed by atoms with Gasteiger partial charge in [0.15, 0.2) is 11.5 Å². The van der Waals surface area contributed by atoms with Crippen LogP contribution >= 0.6 is 12.4 Å². The van der Waals surface area contributed by atoms with E-state index in [1.165, 1.54) is 12.7 Å². The smallest absolute Gasteiger partial charge is 0.337 e. The van der Waals surface area contributed by atoms with Gasteiger partial charge >= 0.3 is 5.97 Å². The first-order valence-electron chi connectivity index (χ1n) is 10.4. The van der Waals surface area contributed by atoms with E-state index in [1.807, 2.05) is 31.2 Å². The van der Waals surface area contributed by atoms with Crippen molar-refractivity contribution in [2.24, 2.45) is 4.99 Å². The molecule has 0 saturated carbocycles. The Hall–Kier alpha value is -2.57. The van der Waals surface area contributed by atoms with E-state index in [1.54, 1.807) is 13.2 Å². The lowest BCUT2D eigenvalue weighted by atomic mass is 9.79. The third-order valence-corrected chi connectivity index (χ3v) is 5.92. The minimum absolute atomic E-state index is 0. The highest BCUT2D eigenvalue weighted by Gasteiger charge is 2.36. The molecule has 7 heteroatoms. The van der Waals surface area contributed by atoms with Crippen LogP contribution in [0.5, 0.6) is 11.5 Å². The SMILES string of the molecule is CCOc1cc2c(cc1OC)C(c1cccc(C(=O)OC)c1)=N[C@@H]1CCN(C)C[C@H]21.Cl. The molecular formula is C24H29ClN2O4. The summed E-state index contributed by atoms with van der Waals surface area (Å²) in [5.41, 5.74) is 4.58. The van der Waals surface area contributed by atoms with Gasteiger partial charge in [-0.1, -0.05) is 12.1 Å². The van der Waals surface area contributed by atoms with Gasteiger partial charge in [-0.05, 0) is 56.8 Å². The molecule has 0 radical (unpaired) electrons. The van der Waals surface area contributed by atoms with Gasteiger partial charge in [0.2, 0.25) is 0 Å². The van der Waals surface area contributed by atoms with Crippen molar-refractivity contribution in [2.45, 2.75) is 25.3 Å². The van der Waals surface area contributed by atoms with Crippen LogP contribution in [0.4, 0.5) is 0 Å². The van der Waals surface area contributed by atoms with E-state index in [9.17, 15) is 4.79 Å². The van der Waals surface area contributed by atoms with Gasteiger partial charge in [0.05, 0.1) is 38.1 Å². The predicted molar refractivity (Wildman–Crippen MR) is 123 cm³/mol. The Morgan fingerprint density at radius 3 is 2.71 bits per heavy atom. The van der Waals surface area contributed by atoms with Gasteiger partial charge in [-0.15, -0.1) is 12.4 Å². The maximum absolute atomic E-state index is 12.1. The van der Waals surface area contributed by atoms with Gasteiger partial charge in [0.1, 0.15) is 0 Å². The standard InChI is InChI=1S/C24H28N2O4.ClH/c1-5-30-22-12-17-18(13-21(22)28-3)23(25-20-9-10-26(2)14-19(17)20)15-7-6-8-16(11-15)24(27)29-4;/h6-8,11-13,19-20H,5,9-10,14H2,1-4H3;1H/t19-,20-;/m1./s1. The summed E-state index contributed by atoms with van der Waals surface area (Å²) in [6.07, 6.45) is 0.997. The van der Waals surface area contributed by atoms with Crippen molar-refractivity contribution in [2.75, 3.05) is 41.0 Å². The number of esters is 1. The normalized spacial score (nSPS) is 19.9. The second kappa shape index (κ2) is 9.71. The number of carbonyl (C=O) groups is 1. The van der Waals surface area contributed by atoms with E-state index in [0.29, 0.717) is 23.8 Å². The lowest BCUT2D eigenvalue weighted by Crippen LogP contribution is -2.41. The van der Waals surface area contributed by atoms with Crippen LogP contribution in [0.25, 0.3) is 0 Å². The first kappa shape index (κ1) is 23.1. The average molecular weight is 445 g/mol. The van der Waals surface area contributed by atoms with Crippen molar-refractivity contribution in [1.29, 1.82) is 0 Å². The molecule has 0 bridgehead atoms. The number of methoxy groups -OCH3 is 2. The number of halogens is 1. The molecule has 0 amide bonds. The lowest BCUT2D eigenvalue weighted by molar-refractivity contribution is 0.0600. The number of piperidine rings is 1. The largest absolute Gasteiger partial charge is 0.493 e. The van der Waals surface area contributed by atoms with Crippen LogP contribution in [-0.2, 0) is 4.74 Å². The molecule has 0 aliphatic carbocycles. The third kappa shape index (κ3) is 4.41. The van der Waals surface area contributed by atoms with E-state index in [4.69, 9.17) is 19.2 Å². The quantitative estimate of drug-likeness (QED) is 0.654. The molecule has 1 saturated heterocycles. The zero-order valence-corrected chi connectivity index (χ0v) is 19.2. The highest BCUT2D eigenvalue weighted by molar-refractivity contribution is 6.15. The van der Waals surface area contributed by atoms with Crippen LogP contribution in [0, 0.1) is 0 Å². The summed E-state index contributed by atoms with van der Waals surface area (Å²) in [7, 11) is 5.20. The molecule has 166 valence electrons. The second-order valence-electron chi connectivity index (χ2n) is 7.80. The molecule has 6 nitrogen and oxygen atoms in total. The maximum Gasteiger partial charge on any atom is 0.337 e. The van der Waals surface area contributed by atoms with E-state index >= 15 is 0 Å². The molecule has 1 fully saturated rings. The fourth-order valence-corrected chi connectivity index (χ4v) is 4.45. The monoisotopic (exact) mass is 444 g/mol. The Balaban J connectivity index is 0.00000272. The number of fused-ring (bicyclic) bond motifs is 3.